The highest BCUT2D eigenvalue weighted by molar-refractivity contribution is 6.04. The number of aryl methyl sites for hydroxylation is 1. The van der Waals surface area contributed by atoms with Gasteiger partial charge in [0.15, 0.2) is 0 Å². The first-order valence-corrected chi connectivity index (χ1v) is 6.29. The van der Waals surface area contributed by atoms with Gasteiger partial charge in [0.2, 0.25) is 0 Å². The van der Waals surface area contributed by atoms with E-state index in [1.54, 1.807) is 11.1 Å². The molecule has 3 amide bonds. The van der Waals surface area contributed by atoms with E-state index in [4.69, 9.17) is 0 Å². The van der Waals surface area contributed by atoms with Gasteiger partial charge in [-0.3, -0.25) is 14.8 Å². The number of fused-ring (bicyclic) bond motifs is 1. The van der Waals surface area contributed by atoms with E-state index in [9.17, 15) is 9.59 Å². The van der Waals surface area contributed by atoms with E-state index >= 15 is 0 Å². The number of hydrogen-bond donors (Lipinski definition) is 1. The third kappa shape index (κ3) is 1.60. The third-order valence-corrected chi connectivity index (χ3v) is 3.79. The Morgan fingerprint density at radius 1 is 1.44 bits per heavy atom. The first-order chi connectivity index (χ1) is 8.68. The molecular formula is C12H16N4O2. The number of H-pyrrole nitrogens is 1. The minimum Gasteiger partial charge on any atom is -0.312 e. The normalized spacial score (nSPS) is 23.7. The molecule has 3 heterocycles. The van der Waals surface area contributed by atoms with E-state index in [1.165, 1.54) is 4.90 Å². The van der Waals surface area contributed by atoms with Crippen molar-refractivity contribution in [3.63, 3.8) is 0 Å². The summed E-state index contributed by atoms with van der Waals surface area (Å²) in [5, 5.41) is 6.74. The fourth-order valence-electron chi connectivity index (χ4n) is 2.70. The second-order valence-electron chi connectivity index (χ2n) is 4.93. The number of aromatic nitrogens is 2. The summed E-state index contributed by atoms with van der Waals surface area (Å²) in [5.41, 5.74) is 1.80. The lowest BCUT2D eigenvalue weighted by atomic mass is 10.0. The van der Waals surface area contributed by atoms with E-state index in [-0.39, 0.29) is 18.0 Å². The number of carbonyl (C=O) groups excluding carboxylic acids is 2. The molecule has 1 N–H and O–H groups in total. The number of nitrogens with zero attached hydrogens (tertiary/aromatic N) is 3. The molecule has 3 rings (SSSR count). The largest absolute Gasteiger partial charge is 0.327 e. The van der Waals surface area contributed by atoms with Crippen molar-refractivity contribution in [2.75, 3.05) is 6.54 Å². The maximum absolute atomic E-state index is 12.2. The predicted octanol–water partition coefficient (Wildman–Crippen LogP) is 1.03. The topological polar surface area (TPSA) is 69.3 Å². The van der Waals surface area contributed by atoms with Gasteiger partial charge in [0.1, 0.15) is 6.04 Å². The van der Waals surface area contributed by atoms with Crippen LogP contribution in [0.3, 0.4) is 0 Å². The number of urea groups is 1. The van der Waals surface area contributed by atoms with Crippen LogP contribution in [0.15, 0.2) is 6.20 Å². The minimum atomic E-state index is -0.224. The summed E-state index contributed by atoms with van der Waals surface area (Å²) >= 11 is 0. The Labute approximate surface area is 105 Å². The van der Waals surface area contributed by atoms with Crippen molar-refractivity contribution in [3.8, 4) is 0 Å². The van der Waals surface area contributed by atoms with Crippen LogP contribution in [0.4, 0.5) is 4.79 Å². The number of nitrogens with one attached hydrogen (secondary N) is 1. The number of amides is 3. The molecule has 2 aliphatic heterocycles. The Morgan fingerprint density at radius 2 is 2.28 bits per heavy atom. The van der Waals surface area contributed by atoms with Crippen molar-refractivity contribution in [2.24, 2.45) is 0 Å². The average Bonchev–Trinajstić information content (AvgIpc) is 2.89. The molecule has 1 aromatic rings. The second kappa shape index (κ2) is 4.12. The standard InChI is InChI=1S/C12H16N4O2/c1-8-9(6-13-14-8)7-16-11(17)10-4-2-3-5-15(10)12(16)18/h6,10H,2-5,7H2,1H3,(H,13,14). The van der Waals surface area contributed by atoms with Crippen molar-refractivity contribution in [2.45, 2.75) is 38.8 Å². The highest BCUT2D eigenvalue weighted by Gasteiger charge is 2.45. The van der Waals surface area contributed by atoms with Crippen LogP contribution in [0.1, 0.15) is 30.5 Å². The molecule has 0 bridgehead atoms. The lowest BCUT2D eigenvalue weighted by Crippen LogP contribution is -2.38. The van der Waals surface area contributed by atoms with Crippen LogP contribution >= 0.6 is 0 Å². The molecule has 6 nitrogen and oxygen atoms in total. The molecule has 1 atom stereocenters. The van der Waals surface area contributed by atoms with Crippen LogP contribution in [0.2, 0.25) is 0 Å². The Bertz CT molecular complexity index is 472. The molecule has 2 saturated heterocycles. The summed E-state index contributed by atoms with van der Waals surface area (Å²) in [4.78, 5) is 27.5. The molecule has 18 heavy (non-hydrogen) atoms. The van der Waals surface area contributed by atoms with Crippen LogP contribution in [0, 0.1) is 6.92 Å². The van der Waals surface area contributed by atoms with Gasteiger partial charge in [-0.2, -0.15) is 5.10 Å². The highest BCUT2D eigenvalue weighted by Crippen LogP contribution is 2.27. The van der Waals surface area contributed by atoms with Crippen molar-refractivity contribution in [3.05, 3.63) is 17.5 Å². The van der Waals surface area contributed by atoms with Gasteiger partial charge in [0.05, 0.1) is 12.7 Å². The minimum absolute atomic E-state index is 0.0553. The van der Waals surface area contributed by atoms with E-state index in [1.807, 2.05) is 6.92 Å². The number of hydrogen-bond acceptors (Lipinski definition) is 3. The molecule has 1 aromatic heterocycles. The van der Waals surface area contributed by atoms with Gasteiger partial charge in [-0.05, 0) is 26.2 Å². The van der Waals surface area contributed by atoms with Crippen LogP contribution < -0.4 is 0 Å². The van der Waals surface area contributed by atoms with E-state index in [0.29, 0.717) is 13.1 Å². The quantitative estimate of drug-likeness (QED) is 0.795. The van der Waals surface area contributed by atoms with Gasteiger partial charge in [0.25, 0.3) is 5.91 Å². The van der Waals surface area contributed by atoms with E-state index in [2.05, 4.69) is 10.2 Å². The molecule has 96 valence electrons. The van der Waals surface area contributed by atoms with Gasteiger partial charge in [-0.1, -0.05) is 0 Å². The third-order valence-electron chi connectivity index (χ3n) is 3.79. The fraction of sp³-hybridized carbons (Fsp3) is 0.583. The molecule has 0 spiro atoms. The molecule has 6 heteroatoms. The summed E-state index contributed by atoms with van der Waals surface area (Å²) in [5.74, 6) is -0.0553. The van der Waals surface area contributed by atoms with Gasteiger partial charge in [-0.15, -0.1) is 0 Å². The molecule has 2 aliphatic rings. The summed E-state index contributed by atoms with van der Waals surface area (Å²) in [7, 11) is 0. The van der Waals surface area contributed by atoms with E-state index < -0.39 is 0 Å². The lowest BCUT2D eigenvalue weighted by molar-refractivity contribution is -0.129. The van der Waals surface area contributed by atoms with Gasteiger partial charge in [-0.25, -0.2) is 4.79 Å². The van der Waals surface area contributed by atoms with Crippen LogP contribution in [0.25, 0.3) is 0 Å². The second-order valence-corrected chi connectivity index (χ2v) is 4.93. The summed E-state index contributed by atoms with van der Waals surface area (Å²) in [6, 6.07) is -0.372. The monoisotopic (exact) mass is 248 g/mol. The molecule has 0 radical (unpaired) electrons. The van der Waals surface area contributed by atoms with Gasteiger partial charge < -0.3 is 4.90 Å². The zero-order valence-electron chi connectivity index (χ0n) is 10.3. The smallest absolute Gasteiger partial charge is 0.312 e. The molecule has 0 aliphatic carbocycles. The van der Waals surface area contributed by atoms with Crippen LogP contribution in [-0.4, -0.2) is 44.5 Å². The van der Waals surface area contributed by atoms with Gasteiger partial charge in [0, 0.05) is 17.8 Å². The number of rotatable bonds is 2. The highest BCUT2D eigenvalue weighted by atomic mass is 16.2. The Kier molecular flexibility index (Phi) is 2.57. The molecule has 1 unspecified atom stereocenters. The summed E-state index contributed by atoms with van der Waals surface area (Å²) in [6.07, 6.45) is 4.49. The Hall–Kier alpha value is -1.85. The van der Waals surface area contributed by atoms with Crippen molar-refractivity contribution >= 4 is 11.9 Å². The van der Waals surface area contributed by atoms with Crippen LogP contribution in [-0.2, 0) is 11.3 Å². The number of carbonyl (C=O) groups is 2. The van der Waals surface area contributed by atoms with Gasteiger partial charge >= 0.3 is 6.03 Å². The van der Waals surface area contributed by atoms with Crippen molar-refractivity contribution in [1.29, 1.82) is 0 Å². The SMILES string of the molecule is Cc1[nH]ncc1CN1C(=O)C2CCCCN2C1=O. The maximum Gasteiger partial charge on any atom is 0.327 e. The summed E-state index contributed by atoms with van der Waals surface area (Å²) < 4.78 is 0. The molecular weight excluding hydrogens is 232 g/mol. The predicted molar refractivity (Wildman–Crippen MR) is 63.6 cm³/mol. The first kappa shape index (κ1) is 11.3. The zero-order valence-corrected chi connectivity index (χ0v) is 10.3. The van der Waals surface area contributed by atoms with E-state index in [0.717, 1.165) is 30.5 Å². The van der Waals surface area contributed by atoms with Crippen molar-refractivity contribution < 1.29 is 9.59 Å². The maximum atomic E-state index is 12.2. The Balaban J connectivity index is 1.82. The fourth-order valence-corrected chi connectivity index (χ4v) is 2.70. The Morgan fingerprint density at radius 3 is 2.94 bits per heavy atom. The summed E-state index contributed by atoms with van der Waals surface area (Å²) in [6.45, 7) is 2.92. The molecule has 2 fully saturated rings. The number of imide groups is 1. The molecule has 0 saturated carbocycles. The van der Waals surface area contributed by atoms with Crippen LogP contribution in [0.5, 0.6) is 0 Å². The molecule has 0 aromatic carbocycles. The lowest BCUT2D eigenvalue weighted by Gasteiger charge is -2.26. The average molecular weight is 248 g/mol. The zero-order chi connectivity index (χ0) is 12.7. The number of aromatic amines is 1. The number of piperidine rings is 1. The first-order valence-electron chi connectivity index (χ1n) is 6.29. The van der Waals surface area contributed by atoms with Crippen molar-refractivity contribution in [1.82, 2.24) is 20.0 Å².